The molecular weight excluding hydrogens is 298 g/mol. The second-order valence-corrected chi connectivity index (χ2v) is 6.48. The van der Waals surface area contributed by atoms with Gasteiger partial charge in [0.15, 0.2) is 11.0 Å². The van der Waals surface area contributed by atoms with Gasteiger partial charge in [-0.3, -0.25) is 4.57 Å². The molecule has 1 N–H and O–H groups in total. The first kappa shape index (κ1) is 16.6. The van der Waals surface area contributed by atoms with Crippen LogP contribution in [-0.2, 0) is 6.54 Å². The molecule has 118 valence electrons. The minimum atomic E-state index is -0.754. The second-order valence-electron chi connectivity index (χ2n) is 5.54. The minimum Gasteiger partial charge on any atom is -0.497 e. The average Bonchev–Trinajstić information content (AvgIpc) is 2.88. The summed E-state index contributed by atoms with van der Waals surface area (Å²) in [7, 11) is 1.64. The highest BCUT2D eigenvalue weighted by atomic mass is 32.2. The van der Waals surface area contributed by atoms with Gasteiger partial charge >= 0.3 is 0 Å². The fraction of sp³-hybridized carbons (Fsp3) is 0.375. The van der Waals surface area contributed by atoms with E-state index in [1.54, 1.807) is 21.0 Å². The third-order valence-electron chi connectivity index (χ3n) is 2.93. The van der Waals surface area contributed by atoms with Gasteiger partial charge < -0.3 is 9.84 Å². The lowest BCUT2D eigenvalue weighted by Crippen LogP contribution is -2.22. The number of nitrogens with zero attached hydrogens (tertiary/aromatic N) is 3. The molecule has 0 saturated carbocycles. The van der Waals surface area contributed by atoms with Crippen LogP contribution in [0.3, 0.4) is 0 Å². The van der Waals surface area contributed by atoms with Crippen LogP contribution in [0.2, 0.25) is 0 Å². The molecule has 0 atom stereocenters. The molecule has 6 heteroatoms. The number of aromatic nitrogens is 3. The summed E-state index contributed by atoms with van der Waals surface area (Å²) >= 11 is 1.48. The Bertz CT molecular complexity index is 630. The molecule has 0 amide bonds. The van der Waals surface area contributed by atoms with Crippen LogP contribution in [0.4, 0.5) is 0 Å². The fourth-order valence-corrected chi connectivity index (χ4v) is 2.78. The van der Waals surface area contributed by atoms with Crippen LogP contribution in [0, 0.1) is 0 Å². The van der Waals surface area contributed by atoms with Gasteiger partial charge in [0.05, 0.1) is 12.7 Å². The monoisotopic (exact) mass is 319 g/mol. The zero-order chi connectivity index (χ0) is 16.2. The van der Waals surface area contributed by atoms with Crippen LogP contribution in [0.1, 0.15) is 13.8 Å². The molecule has 1 aromatic heterocycles. The fourth-order valence-electron chi connectivity index (χ4n) is 1.88. The lowest BCUT2D eigenvalue weighted by atomic mass is 10.2. The summed E-state index contributed by atoms with van der Waals surface area (Å²) in [4.78, 5) is 0. The van der Waals surface area contributed by atoms with Crippen LogP contribution in [-0.4, -0.2) is 38.3 Å². The zero-order valence-corrected chi connectivity index (χ0v) is 13.9. The van der Waals surface area contributed by atoms with Crippen molar-refractivity contribution < 1.29 is 9.84 Å². The topological polar surface area (TPSA) is 60.2 Å². The van der Waals surface area contributed by atoms with Crippen molar-refractivity contribution in [2.75, 3.05) is 12.9 Å². The molecule has 22 heavy (non-hydrogen) atoms. The molecule has 0 unspecified atom stereocenters. The first-order chi connectivity index (χ1) is 10.4. The van der Waals surface area contributed by atoms with Gasteiger partial charge in [-0.15, -0.1) is 16.8 Å². The smallest absolute Gasteiger partial charge is 0.191 e. The van der Waals surface area contributed by atoms with Gasteiger partial charge in [-0.1, -0.05) is 17.8 Å². The number of benzene rings is 1. The lowest BCUT2D eigenvalue weighted by Gasteiger charge is -2.16. The quantitative estimate of drug-likeness (QED) is 0.628. The number of rotatable bonds is 7. The Kier molecular flexibility index (Phi) is 5.26. The Labute approximate surface area is 135 Å². The number of ether oxygens (including phenoxy) is 1. The lowest BCUT2D eigenvalue weighted by molar-refractivity contribution is 0.107. The van der Waals surface area contributed by atoms with E-state index < -0.39 is 5.60 Å². The average molecular weight is 319 g/mol. The van der Waals surface area contributed by atoms with Crippen molar-refractivity contribution in [2.24, 2.45) is 0 Å². The summed E-state index contributed by atoms with van der Waals surface area (Å²) in [5.41, 5.74) is 0.209. The number of hydrogen-bond acceptors (Lipinski definition) is 5. The molecule has 5 nitrogen and oxygen atoms in total. The van der Waals surface area contributed by atoms with E-state index in [1.807, 2.05) is 34.9 Å². The molecule has 2 rings (SSSR count). The summed E-state index contributed by atoms with van der Waals surface area (Å²) < 4.78 is 7.16. The largest absolute Gasteiger partial charge is 0.497 e. The molecule has 1 aromatic carbocycles. The van der Waals surface area contributed by atoms with E-state index in [0.29, 0.717) is 12.3 Å². The normalized spacial score (nSPS) is 11.5. The van der Waals surface area contributed by atoms with Gasteiger partial charge in [0, 0.05) is 17.9 Å². The number of hydrogen-bond donors (Lipinski definition) is 1. The van der Waals surface area contributed by atoms with Gasteiger partial charge in [0.1, 0.15) is 5.75 Å². The molecule has 0 spiro atoms. The summed E-state index contributed by atoms with van der Waals surface area (Å²) in [6, 6.07) is 7.69. The van der Waals surface area contributed by atoms with Gasteiger partial charge in [-0.05, 0) is 38.1 Å². The summed E-state index contributed by atoms with van der Waals surface area (Å²) in [5, 5.41) is 19.2. The summed E-state index contributed by atoms with van der Waals surface area (Å²) in [6.07, 6.45) is 1.81. The third kappa shape index (κ3) is 4.11. The van der Waals surface area contributed by atoms with Crippen LogP contribution in [0.25, 0.3) is 11.4 Å². The van der Waals surface area contributed by atoms with E-state index in [2.05, 4.69) is 16.8 Å². The molecule has 0 fully saturated rings. The Balaban J connectivity index is 2.30. The summed E-state index contributed by atoms with van der Waals surface area (Å²) in [6.45, 7) is 7.96. The van der Waals surface area contributed by atoms with Crippen molar-refractivity contribution in [1.29, 1.82) is 0 Å². The predicted octanol–water partition coefficient (Wildman–Crippen LogP) is 3.00. The minimum absolute atomic E-state index is 0.547. The molecule has 0 bridgehead atoms. The van der Waals surface area contributed by atoms with Crippen LogP contribution in [0.5, 0.6) is 5.75 Å². The standard InChI is InChI=1S/C16H21N3O2S/c1-5-10-19-14(12-6-8-13(21-4)9-7-12)17-18-15(19)22-11-16(2,3)20/h5-9,20H,1,10-11H2,2-4H3. The van der Waals surface area contributed by atoms with E-state index in [9.17, 15) is 5.11 Å². The maximum absolute atomic E-state index is 9.87. The first-order valence-corrected chi connectivity index (χ1v) is 7.97. The third-order valence-corrected chi connectivity index (χ3v) is 4.34. The molecule has 0 radical (unpaired) electrons. The maximum Gasteiger partial charge on any atom is 0.191 e. The highest BCUT2D eigenvalue weighted by Gasteiger charge is 2.18. The van der Waals surface area contributed by atoms with Crippen molar-refractivity contribution in [1.82, 2.24) is 14.8 Å². The van der Waals surface area contributed by atoms with Crippen molar-refractivity contribution in [3.8, 4) is 17.1 Å². The Morgan fingerprint density at radius 1 is 1.32 bits per heavy atom. The SMILES string of the molecule is C=CCn1c(SCC(C)(C)O)nnc1-c1ccc(OC)cc1. The highest BCUT2D eigenvalue weighted by molar-refractivity contribution is 7.99. The summed E-state index contributed by atoms with van der Waals surface area (Å²) in [5.74, 6) is 2.13. The molecule has 0 aliphatic carbocycles. The van der Waals surface area contributed by atoms with Crippen LogP contribution >= 0.6 is 11.8 Å². The van der Waals surface area contributed by atoms with Crippen LogP contribution in [0.15, 0.2) is 42.1 Å². The van der Waals surface area contributed by atoms with E-state index in [1.165, 1.54) is 11.8 Å². The predicted molar refractivity (Wildman–Crippen MR) is 89.2 cm³/mol. The van der Waals surface area contributed by atoms with E-state index in [0.717, 1.165) is 22.3 Å². The van der Waals surface area contributed by atoms with Gasteiger partial charge in [0.2, 0.25) is 0 Å². The number of allylic oxidation sites excluding steroid dienone is 1. The first-order valence-electron chi connectivity index (χ1n) is 6.98. The van der Waals surface area contributed by atoms with E-state index in [-0.39, 0.29) is 0 Å². The van der Waals surface area contributed by atoms with Crippen molar-refractivity contribution in [3.05, 3.63) is 36.9 Å². The maximum atomic E-state index is 9.87. The molecule has 2 aromatic rings. The van der Waals surface area contributed by atoms with Gasteiger partial charge in [0.25, 0.3) is 0 Å². The van der Waals surface area contributed by atoms with Gasteiger partial charge in [-0.2, -0.15) is 0 Å². The van der Waals surface area contributed by atoms with Crippen molar-refractivity contribution in [2.45, 2.75) is 31.1 Å². The Morgan fingerprint density at radius 2 is 2.00 bits per heavy atom. The number of thioether (sulfide) groups is 1. The molecule has 0 saturated heterocycles. The number of methoxy groups -OCH3 is 1. The van der Waals surface area contributed by atoms with Crippen LogP contribution < -0.4 is 4.74 Å². The molecule has 0 aliphatic rings. The molecule has 0 aliphatic heterocycles. The molecular formula is C16H21N3O2S. The van der Waals surface area contributed by atoms with Crippen molar-refractivity contribution in [3.63, 3.8) is 0 Å². The number of aliphatic hydroxyl groups is 1. The second kappa shape index (κ2) is 6.98. The van der Waals surface area contributed by atoms with E-state index in [4.69, 9.17) is 4.74 Å². The highest BCUT2D eigenvalue weighted by Crippen LogP contribution is 2.27. The van der Waals surface area contributed by atoms with E-state index >= 15 is 0 Å². The van der Waals surface area contributed by atoms with Gasteiger partial charge in [-0.25, -0.2) is 0 Å². The van der Waals surface area contributed by atoms with Crippen molar-refractivity contribution >= 4 is 11.8 Å². The Hall–Kier alpha value is -1.79. The zero-order valence-electron chi connectivity index (χ0n) is 13.1. The molecule has 1 heterocycles. The Morgan fingerprint density at radius 3 is 2.55 bits per heavy atom.